The minimum atomic E-state index is -0.576. The fraction of sp³-hybridized carbons (Fsp3) is 0.364. The lowest BCUT2D eigenvalue weighted by atomic mass is 10.1. The van der Waals surface area contributed by atoms with Crippen LogP contribution in [-0.4, -0.2) is 41.3 Å². The number of benzene rings is 1. The van der Waals surface area contributed by atoms with Gasteiger partial charge in [0.1, 0.15) is 5.69 Å². The van der Waals surface area contributed by atoms with E-state index in [9.17, 15) is 14.9 Å². The highest BCUT2D eigenvalue weighted by molar-refractivity contribution is 7.98. The number of rotatable bonds is 6. The number of nitrogens with one attached hydrogen (secondary N) is 1. The van der Waals surface area contributed by atoms with Gasteiger partial charge in [0.25, 0.3) is 11.6 Å². The van der Waals surface area contributed by atoms with Crippen molar-refractivity contribution in [1.29, 1.82) is 0 Å². The Morgan fingerprint density at radius 2 is 2.26 bits per heavy atom. The zero-order valence-electron chi connectivity index (χ0n) is 10.8. The maximum absolute atomic E-state index is 12.2. The summed E-state index contributed by atoms with van der Waals surface area (Å²) in [5.74, 6) is 5.79. The van der Waals surface area contributed by atoms with Gasteiger partial charge in [-0.2, -0.15) is 11.8 Å². The van der Waals surface area contributed by atoms with Gasteiger partial charge in [-0.15, -0.1) is 0 Å². The molecule has 0 aliphatic rings. The number of nitro groups is 1. The summed E-state index contributed by atoms with van der Waals surface area (Å²) in [6, 6.07) is 4.28. The smallest absolute Gasteiger partial charge is 0.294 e. The molecular formula is C11H16N4O3S. The lowest BCUT2D eigenvalue weighted by Crippen LogP contribution is -2.30. The molecule has 19 heavy (non-hydrogen) atoms. The number of hydrogen-bond acceptors (Lipinski definition) is 6. The maximum Gasteiger partial charge on any atom is 0.294 e. The van der Waals surface area contributed by atoms with Crippen molar-refractivity contribution in [3.63, 3.8) is 0 Å². The number of nitrogen functional groups attached to an aromatic ring is 1. The van der Waals surface area contributed by atoms with Gasteiger partial charge in [-0.05, 0) is 12.3 Å². The normalized spacial score (nSPS) is 10.1. The van der Waals surface area contributed by atoms with Crippen LogP contribution < -0.4 is 11.3 Å². The highest BCUT2D eigenvalue weighted by Crippen LogP contribution is 2.28. The number of nitro benzene ring substituents is 1. The van der Waals surface area contributed by atoms with Gasteiger partial charge >= 0.3 is 0 Å². The molecular weight excluding hydrogens is 268 g/mol. The van der Waals surface area contributed by atoms with Crippen LogP contribution in [0.1, 0.15) is 10.4 Å². The van der Waals surface area contributed by atoms with Crippen LogP contribution in [0.4, 0.5) is 11.4 Å². The van der Waals surface area contributed by atoms with Crippen LogP contribution in [-0.2, 0) is 0 Å². The van der Waals surface area contributed by atoms with Gasteiger partial charge in [-0.3, -0.25) is 20.8 Å². The van der Waals surface area contributed by atoms with Crippen LogP contribution in [0.5, 0.6) is 0 Å². The lowest BCUT2D eigenvalue weighted by Gasteiger charge is -2.18. The van der Waals surface area contributed by atoms with Crippen molar-refractivity contribution >= 4 is 29.0 Å². The molecule has 0 atom stereocenters. The van der Waals surface area contributed by atoms with Gasteiger partial charge in [0, 0.05) is 25.4 Å². The zero-order valence-corrected chi connectivity index (χ0v) is 11.6. The number of anilines is 1. The summed E-state index contributed by atoms with van der Waals surface area (Å²) in [7, 11) is 1.65. The van der Waals surface area contributed by atoms with Crippen molar-refractivity contribution < 1.29 is 9.72 Å². The summed E-state index contributed by atoms with van der Waals surface area (Å²) < 4.78 is 0. The minimum absolute atomic E-state index is 0.0356. The SMILES string of the molecule is CSCCN(C)C(=O)c1cccc([N+](=O)[O-])c1NN. The molecule has 0 fully saturated rings. The van der Waals surface area contributed by atoms with Gasteiger partial charge in [0.05, 0.1) is 10.5 Å². The van der Waals surface area contributed by atoms with Crippen LogP contribution in [0.25, 0.3) is 0 Å². The molecule has 0 spiro atoms. The Bertz CT molecular complexity index is 481. The van der Waals surface area contributed by atoms with Crippen molar-refractivity contribution in [2.75, 3.05) is 31.0 Å². The molecule has 1 amide bonds. The molecule has 0 radical (unpaired) electrons. The molecule has 0 saturated carbocycles. The number of carbonyl (C=O) groups is 1. The van der Waals surface area contributed by atoms with Gasteiger partial charge in [0.15, 0.2) is 0 Å². The number of hydrogen-bond donors (Lipinski definition) is 2. The number of para-hydroxylation sites is 1. The average molecular weight is 284 g/mol. The van der Waals surface area contributed by atoms with Gasteiger partial charge in [-0.25, -0.2) is 0 Å². The first kappa shape index (κ1) is 15.3. The van der Waals surface area contributed by atoms with E-state index in [0.29, 0.717) is 6.54 Å². The molecule has 0 bridgehead atoms. The largest absolute Gasteiger partial charge is 0.341 e. The molecule has 7 nitrogen and oxygen atoms in total. The third kappa shape index (κ3) is 3.58. The van der Waals surface area contributed by atoms with Gasteiger partial charge in [0.2, 0.25) is 0 Å². The van der Waals surface area contributed by atoms with Crippen LogP contribution in [0.2, 0.25) is 0 Å². The molecule has 0 unspecified atom stereocenters. The first-order valence-electron chi connectivity index (χ1n) is 5.51. The van der Waals surface area contributed by atoms with E-state index in [1.165, 1.54) is 23.1 Å². The molecule has 0 aromatic heterocycles. The molecule has 104 valence electrons. The molecule has 1 rings (SSSR count). The lowest BCUT2D eigenvalue weighted by molar-refractivity contribution is -0.384. The van der Waals surface area contributed by atoms with Crippen LogP contribution in [0, 0.1) is 10.1 Å². The van der Waals surface area contributed by atoms with Crippen LogP contribution in [0.3, 0.4) is 0 Å². The van der Waals surface area contributed by atoms with E-state index in [-0.39, 0.29) is 22.8 Å². The predicted octanol–water partition coefficient (Wildman–Crippen LogP) is 1.32. The molecule has 0 aliphatic heterocycles. The third-order valence-corrected chi connectivity index (χ3v) is 3.18. The molecule has 0 heterocycles. The van der Waals surface area contributed by atoms with Crippen molar-refractivity contribution in [2.24, 2.45) is 5.84 Å². The second-order valence-corrected chi connectivity index (χ2v) is 4.81. The van der Waals surface area contributed by atoms with Crippen LogP contribution in [0.15, 0.2) is 18.2 Å². The summed E-state index contributed by atoms with van der Waals surface area (Å²) in [5, 5.41) is 10.9. The second kappa shape index (κ2) is 6.95. The first-order valence-corrected chi connectivity index (χ1v) is 6.90. The quantitative estimate of drug-likeness (QED) is 0.464. The van der Waals surface area contributed by atoms with Crippen molar-refractivity contribution in [3.8, 4) is 0 Å². The Balaban J connectivity index is 3.09. The minimum Gasteiger partial charge on any atom is -0.341 e. The van der Waals surface area contributed by atoms with E-state index in [1.54, 1.807) is 18.8 Å². The van der Waals surface area contributed by atoms with E-state index in [1.807, 2.05) is 6.26 Å². The summed E-state index contributed by atoms with van der Waals surface area (Å²) in [6.07, 6.45) is 1.94. The highest BCUT2D eigenvalue weighted by atomic mass is 32.2. The highest BCUT2D eigenvalue weighted by Gasteiger charge is 2.22. The van der Waals surface area contributed by atoms with Gasteiger partial charge < -0.3 is 10.3 Å². The van der Waals surface area contributed by atoms with E-state index in [4.69, 9.17) is 5.84 Å². The third-order valence-electron chi connectivity index (χ3n) is 2.59. The molecule has 8 heteroatoms. The summed E-state index contributed by atoms with van der Waals surface area (Å²) in [6.45, 7) is 0.562. The molecule has 1 aromatic carbocycles. The number of hydrazine groups is 1. The molecule has 1 aromatic rings. The monoisotopic (exact) mass is 284 g/mol. The predicted molar refractivity (Wildman–Crippen MR) is 76.2 cm³/mol. The zero-order chi connectivity index (χ0) is 14.4. The first-order chi connectivity index (χ1) is 9.02. The topological polar surface area (TPSA) is 102 Å². The van der Waals surface area contributed by atoms with Crippen molar-refractivity contribution in [2.45, 2.75) is 0 Å². The molecule has 3 N–H and O–H groups in total. The summed E-state index contributed by atoms with van der Waals surface area (Å²) in [5.41, 5.74) is 2.26. The number of carbonyl (C=O) groups excluding carboxylic acids is 1. The summed E-state index contributed by atoms with van der Waals surface area (Å²) in [4.78, 5) is 24.0. The van der Waals surface area contributed by atoms with Crippen molar-refractivity contribution in [1.82, 2.24) is 4.90 Å². The number of nitrogens with zero attached hydrogens (tertiary/aromatic N) is 2. The van der Waals surface area contributed by atoms with Crippen LogP contribution >= 0.6 is 11.8 Å². The Morgan fingerprint density at radius 1 is 1.58 bits per heavy atom. The number of nitrogens with two attached hydrogens (primary N) is 1. The Kier molecular flexibility index (Phi) is 5.58. The Morgan fingerprint density at radius 3 is 2.79 bits per heavy atom. The maximum atomic E-state index is 12.2. The fourth-order valence-electron chi connectivity index (χ4n) is 1.56. The van der Waals surface area contributed by atoms with E-state index in [0.717, 1.165) is 5.75 Å². The van der Waals surface area contributed by atoms with E-state index >= 15 is 0 Å². The van der Waals surface area contributed by atoms with Gasteiger partial charge in [-0.1, -0.05) is 6.07 Å². The Hall–Kier alpha value is -1.80. The van der Waals surface area contributed by atoms with E-state index < -0.39 is 4.92 Å². The van der Waals surface area contributed by atoms with E-state index in [2.05, 4.69) is 5.43 Å². The number of amides is 1. The average Bonchev–Trinajstić information content (AvgIpc) is 2.42. The number of thioether (sulfide) groups is 1. The fourth-order valence-corrected chi connectivity index (χ4v) is 2.01. The standard InChI is InChI=1S/C11H16N4O3S/c1-14(6-7-19-2)11(16)8-4-3-5-9(15(17)18)10(8)13-12/h3-5,13H,6-7,12H2,1-2H3. The van der Waals surface area contributed by atoms with Crippen molar-refractivity contribution in [3.05, 3.63) is 33.9 Å². The summed E-state index contributed by atoms with van der Waals surface area (Å²) >= 11 is 1.62. The molecule has 0 aliphatic carbocycles. The molecule has 0 saturated heterocycles. The Labute approximate surface area is 115 Å². The second-order valence-electron chi connectivity index (χ2n) is 3.82.